The second kappa shape index (κ2) is 5.06. The van der Waals surface area contributed by atoms with Gasteiger partial charge >= 0.3 is 0 Å². The van der Waals surface area contributed by atoms with Crippen LogP contribution in [0, 0.1) is 0 Å². The number of rotatable bonds is 4. The fraction of sp³-hybridized carbons (Fsp3) is 1.00. The van der Waals surface area contributed by atoms with E-state index in [1.165, 1.54) is 0 Å². The molecule has 2 heteroatoms. The van der Waals surface area contributed by atoms with Crippen molar-refractivity contribution in [1.29, 1.82) is 0 Å². The van der Waals surface area contributed by atoms with Gasteiger partial charge in [0, 0.05) is 1.43 Å². The topological polar surface area (TPSA) is 46.2 Å². The van der Waals surface area contributed by atoms with Gasteiger partial charge in [-0.25, -0.2) is 0 Å². The highest BCUT2D eigenvalue weighted by atomic mass is 16.3. The summed E-state index contributed by atoms with van der Waals surface area (Å²) in [4.78, 5) is 0. The first-order valence-corrected chi connectivity index (χ1v) is 3.15. The van der Waals surface area contributed by atoms with E-state index < -0.39 is 0 Å². The van der Waals surface area contributed by atoms with Crippen molar-refractivity contribution in [3.05, 3.63) is 0 Å². The molecule has 0 fully saturated rings. The minimum atomic E-state index is -0.151. The molecule has 52 valence electrons. The van der Waals surface area contributed by atoms with Gasteiger partial charge in [-0.2, -0.15) is 0 Å². The molecule has 1 atom stereocenters. The Morgan fingerprint density at radius 2 is 2.25 bits per heavy atom. The second-order valence-electron chi connectivity index (χ2n) is 2.13. The summed E-state index contributed by atoms with van der Waals surface area (Å²) in [6.07, 6.45) is 2.82. The quantitative estimate of drug-likeness (QED) is 0.536. The van der Waals surface area contributed by atoms with Gasteiger partial charge in [0.15, 0.2) is 0 Å². The fourth-order valence-electron chi connectivity index (χ4n) is 0.584. The lowest BCUT2D eigenvalue weighted by atomic mass is 10.2. The molecule has 0 aliphatic heterocycles. The molecule has 0 aliphatic carbocycles. The number of nitrogens with two attached hydrogens (primary N) is 1. The smallest absolute Gasteiger partial charge is 0.0512 e. The van der Waals surface area contributed by atoms with E-state index in [2.05, 4.69) is 0 Å². The Balaban J connectivity index is 0. The summed E-state index contributed by atoms with van der Waals surface area (Å²) in [7, 11) is 0. The summed E-state index contributed by atoms with van der Waals surface area (Å²) >= 11 is 0. The lowest BCUT2D eigenvalue weighted by Crippen LogP contribution is -2.02. The summed E-state index contributed by atoms with van der Waals surface area (Å²) in [5, 5.41) is 8.74. The molecule has 0 heterocycles. The summed E-state index contributed by atoms with van der Waals surface area (Å²) < 4.78 is 0. The first-order valence-electron chi connectivity index (χ1n) is 3.15. The lowest BCUT2D eigenvalue weighted by molar-refractivity contribution is 0.181. The predicted molar refractivity (Wildman–Crippen MR) is 36.7 cm³/mol. The average molecular weight is 119 g/mol. The summed E-state index contributed by atoms with van der Waals surface area (Å²) in [5.74, 6) is 0. The van der Waals surface area contributed by atoms with Crippen LogP contribution in [-0.2, 0) is 0 Å². The van der Waals surface area contributed by atoms with E-state index in [0.717, 1.165) is 25.8 Å². The zero-order valence-corrected chi connectivity index (χ0v) is 5.43. The Kier molecular flexibility index (Phi) is 5.01. The molecule has 0 bridgehead atoms. The van der Waals surface area contributed by atoms with Crippen molar-refractivity contribution in [3.8, 4) is 0 Å². The van der Waals surface area contributed by atoms with Crippen molar-refractivity contribution in [2.24, 2.45) is 5.73 Å². The second-order valence-corrected chi connectivity index (χ2v) is 2.13. The molecule has 0 amide bonds. The molecule has 0 aromatic heterocycles. The Bertz CT molecular complexity index is 50.3. The highest BCUT2D eigenvalue weighted by Crippen LogP contribution is 1.97. The average Bonchev–Trinajstić information content (AvgIpc) is 1.66. The van der Waals surface area contributed by atoms with Crippen LogP contribution in [0.15, 0.2) is 0 Å². The van der Waals surface area contributed by atoms with Crippen LogP contribution in [0.25, 0.3) is 0 Å². The molecule has 0 spiro atoms. The number of unbranched alkanes of at least 4 members (excludes halogenated alkanes) is 1. The fourth-order valence-corrected chi connectivity index (χ4v) is 0.584. The van der Waals surface area contributed by atoms with E-state index in [-0.39, 0.29) is 7.53 Å². The van der Waals surface area contributed by atoms with Crippen molar-refractivity contribution < 1.29 is 6.53 Å². The van der Waals surface area contributed by atoms with Crippen LogP contribution in [-0.4, -0.2) is 17.8 Å². The molecule has 8 heavy (non-hydrogen) atoms. The molecule has 3 N–H and O–H groups in total. The molecule has 0 rings (SSSR count). The largest absolute Gasteiger partial charge is 0.393 e. The van der Waals surface area contributed by atoms with Gasteiger partial charge in [0.1, 0.15) is 0 Å². The van der Waals surface area contributed by atoms with E-state index in [4.69, 9.17) is 10.8 Å². The molecule has 2 nitrogen and oxygen atoms in total. The maximum atomic E-state index is 8.74. The van der Waals surface area contributed by atoms with E-state index in [9.17, 15) is 0 Å². The molecular weight excluding hydrogens is 102 g/mol. The van der Waals surface area contributed by atoms with Gasteiger partial charge in [-0.05, 0) is 32.7 Å². The van der Waals surface area contributed by atoms with Gasteiger partial charge in [-0.3, -0.25) is 0 Å². The van der Waals surface area contributed by atoms with E-state index in [1.807, 2.05) is 0 Å². The molecule has 0 aliphatic rings. The first-order chi connectivity index (χ1) is 3.77. The molecule has 0 radical (unpaired) electrons. The van der Waals surface area contributed by atoms with E-state index >= 15 is 0 Å². The predicted octanol–water partition coefficient (Wildman–Crippen LogP) is 0.742. The third kappa shape index (κ3) is 5.92. The molecule has 0 saturated heterocycles. The normalized spacial score (nSPS) is 13.9. The first kappa shape index (κ1) is 7.92. The van der Waals surface area contributed by atoms with Gasteiger partial charge in [-0.15, -0.1) is 0 Å². The highest BCUT2D eigenvalue weighted by molar-refractivity contribution is 4.47. The maximum Gasteiger partial charge on any atom is 0.0512 e. The van der Waals surface area contributed by atoms with Crippen LogP contribution < -0.4 is 5.73 Å². The number of hydrogen-bond acceptors (Lipinski definition) is 2. The van der Waals surface area contributed by atoms with Crippen molar-refractivity contribution in [1.82, 2.24) is 0 Å². The SMILES string of the molecule is CC(O)CCCCN.[HH]. The van der Waals surface area contributed by atoms with Crippen LogP contribution >= 0.6 is 0 Å². The monoisotopic (exact) mass is 119 g/mol. The molecule has 0 aromatic carbocycles. The van der Waals surface area contributed by atoms with E-state index in [1.54, 1.807) is 6.92 Å². The molecule has 0 saturated carbocycles. The van der Waals surface area contributed by atoms with Crippen LogP contribution in [0.2, 0.25) is 0 Å². The number of aliphatic hydroxyl groups is 1. The Morgan fingerprint density at radius 1 is 1.62 bits per heavy atom. The summed E-state index contributed by atoms with van der Waals surface area (Å²) in [5.41, 5.74) is 5.23. The van der Waals surface area contributed by atoms with E-state index in [0.29, 0.717) is 0 Å². The van der Waals surface area contributed by atoms with Crippen molar-refractivity contribution in [2.75, 3.05) is 6.54 Å². The van der Waals surface area contributed by atoms with Gasteiger partial charge < -0.3 is 10.8 Å². The zero-order chi connectivity index (χ0) is 6.41. The zero-order valence-electron chi connectivity index (χ0n) is 5.43. The van der Waals surface area contributed by atoms with Gasteiger partial charge in [0.2, 0.25) is 0 Å². The molecule has 1 unspecified atom stereocenters. The highest BCUT2D eigenvalue weighted by Gasteiger charge is 1.92. The third-order valence-electron chi connectivity index (χ3n) is 1.08. The van der Waals surface area contributed by atoms with Gasteiger partial charge in [-0.1, -0.05) is 0 Å². The maximum absolute atomic E-state index is 8.74. The van der Waals surface area contributed by atoms with Crippen LogP contribution in [0.3, 0.4) is 0 Å². The molecular formula is C6H17NO. The Labute approximate surface area is 52.2 Å². The number of hydrogen-bond donors (Lipinski definition) is 2. The summed E-state index contributed by atoms with van der Waals surface area (Å²) in [6, 6.07) is 0. The minimum Gasteiger partial charge on any atom is -0.393 e. The Morgan fingerprint density at radius 3 is 2.62 bits per heavy atom. The molecule has 0 aromatic rings. The van der Waals surface area contributed by atoms with Gasteiger partial charge in [0.05, 0.1) is 6.10 Å². The minimum absolute atomic E-state index is 0. The van der Waals surface area contributed by atoms with Crippen molar-refractivity contribution in [2.45, 2.75) is 32.3 Å². The van der Waals surface area contributed by atoms with Crippen LogP contribution in [0.1, 0.15) is 27.6 Å². The Hall–Kier alpha value is -0.0800. The van der Waals surface area contributed by atoms with Gasteiger partial charge in [0.25, 0.3) is 0 Å². The standard InChI is InChI=1S/C6H15NO.H2/c1-6(8)4-2-3-5-7;/h6,8H,2-5,7H2,1H3;1H. The number of aliphatic hydroxyl groups excluding tert-OH is 1. The lowest BCUT2D eigenvalue weighted by Gasteiger charge is -2.00. The van der Waals surface area contributed by atoms with Crippen molar-refractivity contribution >= 4 is 0 Å². The third-order valence-corrected chi connectivity index (χ3v) is 1.08. The van der Waals surface area contributed by atoms with Crippen LogP contribution in [0.4, 0.5) is 0 Å². The summed E-state index contributed by atoms with van der Waals surface area (Å²) in [6.45, 7) is 2.54. The van der Waals surface area contributed by atoms with Crippen LogP contribution in [0.5, 0.6) is 0 Å². The van der Waals surface area contributed by atoms with Crippen molar-refractivity contribution in [3.63, 3.8) is 0 Å².